The van der Waals surface area contributed by atoms with Crippen LogP contribution in [0.25, 0.3) is 5.69 Å². The van der Waals surface area contributed by atoms with Crippen molar-refractivity contribution in [3.63, 3.8) is 0 Å². The van der Waals surface area contributed by atoms with Crippen LogP contribution in [0.5, 0.6) is 0 Å². The lowest BCUT2D eigenvalue weighted by Gasteiger charge is -2.32. The summed E-state index contributed by atoms with van der Waals surface area (Å²) in [7, 11) is 1.98. The largest absolute Gasteiger partial charge is 0.339 e. The molecule has 122 valence electrons. The molecule has 0 unspecified atom stereocenters. The van der Waals surface area contributed by atoms with Crippen LogP contribution in [0.4, 0.5) is 0 Å². The molecule has 0 atom stereocenters. The van der Waals surface area contributed by atoms with Crippen LogP contribution in [0.1, 0.15) is 29.6 Å². The van der Waals surface area contributed by atoms with E-state index in [0.29, 0.717) is 5.56 Å². The predicted octanol–water partition coefficient (Wildman–Crippen LogP) is 1.12. The second-order valence-electron chi connectivity index (χ2n) is 5.93. The number of hydrogen-bond donors (Lipinski definition) is 1. The number of nitrogens with zero attached hydrogens (tertiary/aromatic N) is 5. The van der Waals surface area contributed by atoms with Crippen molar-refractivity contribution < 1.29 is 4.79 Å². The second kappa shape index (κ2) is 7.32. The number of amides is 1. The Morgan fingerprint density at radius 2 is 2.17 bits per heavy atom. The Morgan fingerprint density at radius 1 is 1.35 bits per heavy atom. The maximum atomic E-state index is 12.7. The van der Waals surface area contributed by atoms with E-state index in [2.05, 4.69) is 20.8 Å². The lowest BCUT2D eigenvalue weighted by molar-refractivity contribution is 0.0687. The van der Waals surface area contributed by atoms with Gasteiger partial charge in [-0.05, 0) is 67.4 Å². The van der Waals surface area contributed by atoms with Crippen molar-refractivity contribution in [2.75, 3.05) is 26.7 Å². The van der Waals surface area contributed by atoms with E-state index in [1.807, 2.05) is 36.2 Å². The van der Waals surface area contributed by atoms with Gasteiger partial charge in [-0.2, -0.15) is 0 Å². The van der Waals surface area contributed by atoms with E-state index >= 15 is 0 Å². The van der Waals surface area contributed by atoms with Crippen molar-refractivity contribution in [3.8, 4) is 5.69 Å². The molecule has 1 saturated heterocycles. The highest BCUT2D eigenvalue weighted by atomic mass is 16.2. The van der Waals surface area contributed by atoms with Gasteiger partial charge in [0.15, 0.2) is 0 Å². The van der Waals surface area contributed by atoms with Crippen LogP contribution in [0.15, 0.2) is 30.6 Å². The molecule has 7 nitrogen and oxygen atoms in total. The number of carbonyl (C=O) groups excluding carboxylic acids is 1. The number of carbonyl (C=O) groups is 1. The van der Waals surface area contributed by atoms with Crippen molar-refractivity contribution >= 4 is 5.91 Å². The summed E-state index contributed by atoms with van der Waals surface area (Å²) >= 11 is 0. The van der Waals surface area contributed by atoms with Gasteiger partial charge in [-0.3, -0.25) is 4.79 Å². The number of piperidine rings is 1. The third kappa shape index (κ3) is 3.73. The Morgan fingerprint density at radius 3 is 2.87 bits per heavy atom. The lowest BCUT2D eigenvalue weighted by atomic mass is 9.93. The summed E-state index contributed by atoms with van der Waals surface area (Å²) in [6, 6.07) is 7.44. The summed E-state index contributed by atoms with van der Waals surface area (Å²) in [6.07, 6.45) is 4.88. The highest BCUT2D eigenvalue weighted by Gasteiger charge is 2.23. The topological polar surface area (TPSA) is 75.9 Å². The first kappa shape index (κ1) is 15.6. The van der Waals surface area contributed by atoms with E-state index in [0.717, 1.165) is 44.1 Å². The molecule has 1 amide bonds. The van der Waals surface area contributed by atoms with Gasteiger partial charge < -0.3 is 10.2 Å². The molecule has 7 heteroatoms. The van der Waals surface area contributed by atoms with Crippen LogP contribution in [0, 0.1) is 5.92 Å². The molecular formula is C16H22N6O. The average molecular weight is 314 g/mol. The first-order valence-corrected chi connectivity index (χ1v) is 8.05. The number of hydrogen-bond acceptors (Lipinski definition) is 5. The van der Waals surface area contributed by atoms with Crippen LogP contribution in [-0.4, -0.2) is 57.7 Å². The highest BCUT2D eigenvalue weighted by molar-refractivity contribution is 5.94. The molecule has 0 bridgehead atoms. The first-order valence-electron chi connectivity index (χ1n) is 8.05. The van der Waals surface area contributed by atoms with E-state index in [9.17, 15) is 4.79 Å². The van der Waals surface area contributed by atoms with Crippen molar-refractivity contribution in [1.29, 1.82) is 0 Å². The van der Waals surface area contributed by atoms with E-state index in [1.165, 1.54) is 12.7 Å². The molecule has 2 heterocycles. The van der Waals surface area contributed by atoms with Crippen LogP contribution >= 0.6 is 0 Å². The number of benzene rings is 1. The van der Waals surface area contributed by atoms with E-state index < -0.39 is 0 Å². The van der Waals surface area contributed by atoms with Crippen LogP contribution < -0.4 is 5.32 Å². The molecule has 0 saturated carbocycles. The SMILES string of the molecule is CNCCC1CCN(C(=O)c2cccc(-n3cnnn3)c2)CC1. The van der Waals surface area contributed by atoms with Gasteiger partial charge in [-0.15, -0.1) is 5.10 Å². The predicted molar refractivity (Wildman–Crippen MR) is 86.3 cm³/mol. The zero-order valence-corrected chi connectivity index (χ0v) is 13.4. The number of rotatable bonds is 5. The fourth-order valence-corrected chi connectivity index (χ4v) is 3.02. The zero-order chi connectivity index (χ0) is 16.1. The van der Waals surface area contributed by atoms with Gasteiger partial charge in [0, 0.05) is 18.7 Å². The highest BCUT2D eigenvalue weighted by Crippen LogP contribution is 2.22. The Bertz CT molecular complexity index is 634. The summed E-state index contributed by atoms with van der Waals surface area (Å²) in [5, 5.41) is 14.3. The van der Waals surface area contributed by atoms with Crippen molar-refractivity contribution in [1.82, 2.24) is 30.4 Å². The summed E-state index contributed by atoms with van der Waals surface area (Å²) in [5.74, 6) is 0.811. The van der Waals surface area contributed by atoms with Crippen LogP contribution in [0.3, 0.4) is 0 Å². The maximum Gasteiger partial charge on any atom is 0.253 e. The van der Waals surface area contributed by atoms with Gasteiger partial charge in [-0.25, -0.2) is 4.68 Å². The zero-order valence-electron chi connectivity index (χ0n) is 13.4. The van der Waals surface area contributed by atoms with Crippen molar-refractivity contribution in [2.24, 2.45) is 5.92 Å². The number of likely N-dealkylation sites (tertiary alicyclic amines) is 1. The fraction of sp³-hybridized carbons (Fsp3) is 0.500. The Hall–Kier alpha value is -2.28. The average Bonchev–Trinajstić information content (AvgIpc) is 3.14. The third-order valence-electron chi connectivity index (χ3n) is 4.41. The normalized spacial score (nSPS) is 15.8. The number of tetrazole rings is 1. The minimum Gasteiger partial charge on any atom is -0.339 e. The van der Waals surface area contributed by atoms with E-state index in [4.69, 9.17) is 0 Å². The van der Waals surface area contributed by atoms with Gasteiger partial charge in [0.25, 0.3) is 5.91 Å². The van der Waals surface area contributed by atoms with Crippen molar-refractivity contribution in [3.05, 3.63) is 36.2 Å². The van der Waals surface area contributed by atoms with Gasteiger partial charge >= 0.3 is 0 Å². The van der Waals surface area contributed by atoms with Gasteiger partial charge in [-0.1, -0.05) is 6.07 Å². The first-order chi connectivity index (χ1) is 11.3. The van der Waals surface area contributed by atoms with Crippen LogP contribution in [0.2, 0.25) is 0 Å². The Kier molecular flexibility index (Phi) is 4.97. The molecule has 0 aliphatic carbocycles. The van der Waals surface area contributed by atoms with Crippen LogP contribution in [-0.2, 0) is 0 Å². The summed E-state index contributed by atoms with van der Waals surface area (Å²) in [5.41, 5.74) is 1.48. The molecule has 1 fully saturated rings. The van der Waals surface area contributed by atoms with E-state index in [1.54, 1.807) is 4.68 Å². The smallest absolute Gasteiger partial charge is 0.253 e. The minimum absolute atomic E-state index is 0.0898. The molecular weight excluding hydrogens is 292 g/mol. The molecule has 1 aromatic carbocycles. The van der Waals surface area contributed by atoms with Gasteiger partial charge in [0.2, 0.25) is 0 Å². The van der Waals surface area contributed by atoms with Gasteiger partial charge in [0.1, 0.15) is 6.33 Å². The fourth-order valence-electron chi connectivity index (χ4n) is 3.02. The molecule has 1 aliphatic heterocycles. The van der Waals surface area contributed by atoms with E-state index in [-0.39, 0.29) is 5.91 Å². The minimum atomic E-state index is 0.0898. The molecule has 1 N–H and O–H groups in total. The summed E-state index contributed by atoms with van der Waals surface area (Å²) < 4.78 is 1.56. The molecule has 1 aromatic heterocycles. The molecule has 2 aromatic rings. The molecule has 3 rings (SSSR count). The molecule has 1 aliphatic rings. The second-order valence-corrected chi connectivity index (χ2v) is 5.93. The molecule has 23 heavy (non-hydrogen) atoms. The number of nitrogens with one attached hydrogen (secondary N) is 1. The lowest BCUT2D eigenvalue weighted by Crippen LogP contribution is -2.39. The third-order valence-corrected chi connectivity index (χ3v) is 4.41. The summed E-state index contributed by atoms with van der Waals surface area (Å²) in [4.78, 5) is 14.6. The molecule has 0 radical (unpaired) electrons. The monoisotopic (exact) mass is 314 g/mol. The Balaban J connectivity index is 1.64. The maximum absolute atomic E-state index is 12.7. The summed E-state index contributed by atoms with van der Waals surface area (Å²) in [6.45, 7) is 2.72. The van der Waals surface area contributed by atoms with Gasteiger partial charge in [0.05, 0.1) is 5.69 Å². The molecule has 0 spiro atoms. The quantitative estimate of drug-likeness (QED) is 0.895. The Labute approximate surface area is 135 Å². The standard InChI is InChI=1S/C16H22N6O/c1-17-8-5-13-6-9-21(10-7-13)16(23)14-3-2-4-15(11-14)22-12-18-19-20-22/h2-4,11-13,17H,5-10H2,1H3. The number of aromatic nitrogens is 4. The van der Waals surface area contributed by atoms with Crippen molar-refractivity contribution in [2.45, 2.75) is 19.3 Å².